The monoisotopic (exact) mass is 193 g/mol. The van der Waals surface area contributed by atoms with E-state index in [4.69, 9.17) is 9.25 Å². The molecule has 0 spiro atoms. The van der Waals surface area contributed by atoms with E-state index in [1.54, 1.807) is 25.5 Å². The average Bonchev–Trinajstić information content (AvgIpc) is 2.60. The minimum absolute atomic E-state index is 0.158. The average molecular weight is 193 g/mol. The fourth-order valence-electron chi connectivity index (χ4n) is 1.38. The van der Waals surface area contributed by atoms with Crippen molar-refractivity contribution in [3.8, 4) is 5.75 Å². The van der Waals surface area contributed by atoms with E-state index in [0.29, 0.717) is 12.1 Å². The molecule has 0 aliphatic heterocycles. The highest BCUT2D eigenvalue weighted by Gasteiger charge is 2.07. The van der Waals surface area contributed by atoms with Gasteiger partial charge in [-0.05, 0) is 6.07 Å². The van der Waals surface area contributed by atoms with Crippen LogP contribution in [-0.2, 0) is 11.4 Å². The molecule has 0 fully saturated rings. The van der Waals surface area contributed by atoms with Gasteiger partial charge in [0.25, 0.3) is 0 Å². The number of benzene rings is 1. The normalized spacial score (nSPS) is 10.9. The molecule has 1 heterocycles. The lowest BCUT2D eigenvalue weighted by Crippen LogP contribution is -2.09. The molecule has 0 amide bonds. The summed E-state index contributed by atoms with van der Waals surface area (Å²) in [6.45, 7) is 0.549. The Morgan fingerprint density at radius 3 is 3.14 bits per heavy atom. The SMILES string of the molecule is CONCc1coc2c(O)cccc12. The molecular weight excluding hydrogens is 182 g/mol. The number of hydrogen-bond acceptors (Lipinski definition) is 4. The Labute approximate surface area is 81.0 Å². The zero-order valence-electron chi connectivity index (χ0n) is 7.78. The van der Waals surface area contributed by atoms with Crippen molar-refractivity contribution < 1.29 is 14.4 Å². The molecule has 0 aliphatic rings. The van der Waals surface area contributed by atoms with Gasteiger partial charge in [-0.2, -0.15) is 5.48 Å². The third-order valence-corrected chi connectivity index (χ3v) is 2.07. The summed E-state index contributed by atoms with van der Waals surface area (Å²) in [7, 11) is 1.56. The third kappa shape index (κ3) is 1.45. The topological polar surface area (TPSA) is 54.6 Å². The van der Waals surface area contributed by atoms with Crippen LogP contribution in [0.25, 0.3) is 11.0 Å². The van der Waals surface area contributed by atoms with E-state index >= 15 is 0 Å². The van der Waals surface area contributed by atoms with Crippen LogP contribution < -0.4 is 5.48 Å². The van der Waals surface area contributed by atoms with E-state index in [1.165, 1.54) is 0 Å². The van der Waals surface area contributed by atoms with Crippen LogP contribution >= 0.6 is 0 Å². The highest BCUT2D eigenvalue weighted by atomic mass is 16.6. The van der Waals surface area contributed by atoms with Gasteiger partial charge in [0.1, 0.15) is 0 Å². The van der Waals surface area contributed by atoms with Gasteiger partial charge in [0.05, 0.1) is 13.4 Å². The van der Waals surface area contributed by atoms with Crippen LogP contribution in [0.3, 0.4) is 0 Å². The zero-order chi connectivity index (χ0) is 9.97. The van der Waals surface area contributed by atoms with Gasteiger partial charge >= 0.3 is 0 Å². The second-order valence-corrected chi connectivity index (χ2v) is 2.94. The fraction of sp³-hybridized carbons (Fsp3) is 0.200. The highest BCUT2D eigenvalue weighted by Crippen LogP contribution is 2.28. The lowest BCUT2D eigenvalue weighted by Gasteiger charge is -1.98. The molecular formula is C10H11NO3. The Balaban J connectivity index is 2.42. The van der Waals surface area contributed by atoms with Crippen LogP contribution in [0.4, 0.5) is 0 Å². The van der Waals surface area contributed by atoms with Crippen LogP contribution in [0.15, 0.2) is 28.9 Å². The number of fused-ring (bicyclic) bond motifs is 1. The van der Waals surface area contributed by atoms with Gasteiger partial charge in [-0.15, -0.1) is 0 Å². The second-order valence-electron chi connectivity index (χ2n) is 2.94. The predicted molar refractivity (Wildman–Crippen MR) is 51.7 cm³/mol. The van der Waals surface area contributed by atoms with Crippen LogP contribution in [0.1, 0.15) is 5.56 Å². The smallest absolute Gasteiger partial charge is 0.175 e. The number of phenols is 1. The number of furan rings is 1. The summed E-state index contributed by atoms with van der Waals surface area (Å²) in [5, 5.41) is 10.4. The highest BCUT2D eigenvalue weighted by molar-refractivity contribution is 5.85. The van der Waals surface area contributed by atoms with Crippen LogP contribution in [-0.4, -0.2) is 12.2 Å². The molecule has 2 aromatic rings. The molecule has 0 bridgehead atoms. The lowest BCUT2D eigenvalue weighted by atomic mass is 10.2. The van der Waals surface area contributed by atoms with Gasteiger partial charge in [-0.25, -0.2) is 0 Å². The van der Waals surface area contributed by atoms with E-state index in [9.17, 15) is 5.11 Å². The quantitative estimate of drug-likeness (QED) is 0.729. The number of aromatic hydroxyl groups is 1. The first kappa shape index (κ1) is 9.05. The van der Waals surface area contributed by atoms with Crippen molar-refractivity contribution in [1.29, 1.82) is 0 Å². The molecule has 0 aliphatic carbocycles. The summed E-state index contributed by atoms with van der Waals surface area (Å²) in [5.74, 6) is 0.158. The first-order valence-corrected chi connectivity index (χ1v) is 4.27. The van der Waals surface area contributed by atoms with Crippen LogP contribution in [0.2, 0.25) is 0 Å². The Hall–Kier alpha value is -1.52. The summed E-state index contributed by atoms with van der Waals surface area (Å²) in [4.78, 5) is 4.74. The molecule has 0 radical (unpaired) electrons. The Bertz CT molecular complexity index is 436. The summed E-state index contributed by atoms with van der Waals surface area (Å²) >= 11 is 0. The Kier molecular flexibility index (Phi) is 2.39. The van der Waals surface area contributed by atoms with Gasteiger partial charge in [-0.1, -0.05) is 12.1 Å². The van der Waals surface area contributed by atoms with E-state index in [1.807, 2.05) is 6.07 Å². The predicted octanol–water partition coefficient (Wildman–Crippen LogP) is 1.79. The van der Waals surface area contributed by atoms with Crippen molar-refractivity contribution >= 4 is 11.0 Å². The van der Waals surface area contributed by atoms with Crippen molar-refractivity contribution in [2.75, 3.05) is 7.11 Å². The van der Waals surface area contributed by atoms with Gasteiger partial charge in [0, 0.05) is 17.5 Å². The Morgan fingerprint density at radius 1 is 1.50 bits per heavy atom. The summed E-state index contributed by atoms with van der Waals surface area (Å²) in [6.07, 6.45) is 1.61. The molecule has 4 heteroatoms. The largest absolute Gasteiger partial charge is 0.504 e. The van der Waals surface area contributed by atoms with E-state index in [-0.39, 0.29) is 5.75 Å². The molecule has 1 aromatic carbocycles. The van der Waals surface area contributed by atoms with Gasteiger partial charge in [0.2, 0.25) is 0 Å². The number of rotatable bonds is 3. The fourth-order valence-corrected chi connectivity index (χ4v) is 1.38. The number of nitrogens with one attached hydrogen (secondary N) is 1. The minimum Gasteiger partial charge on any atom is -0.504 e. The number of phenolic OH excluding ortho intramolecular Hbond substituents is 1. The molecule has 2 N–H and O–H groups in total. The van der Waals surface area contributed by atoms with Crippen LogP contribution in [0.5, 0.6) is 5.75 Å². The summed E-state index contributed by atoms with van der Waals surface area (Å²) < 4.78 is 5.23. The molecule has 0 saturated carbocycles. The van der Waals surface area contributed by atoms with Gasteiger partial charge < -0.3 is 14.4 Å². The minimum atomic E-state index is 0.158. The van der Waals surface area contributed by atoms with Crippen molar-refractivity contribution in [1.82, 2.24) is 5.48 Å². The molecule has 1 aromatic heterocycles. The summed E-state index contributed by atoms with van der Waals surface area (Å²) in [5.41, 5.74) is 4.19. The maximum atomic E-state index is 9.46. The van der Waals surface area contributed by atoms with Crippen molar-refractivity contribution in [2.45, 2.75) is 6.54 Å². The molecule has 14 heavy (non-hydrogen) atoms. The number of para-hydroxylation sites is 1. The number of hydroxylamine groups is 1. The maximum Gasteiger partial charge on any atom is 0.175 e. The molecule has 0 atom stereocenters. The first-order chi connectivity index (χ1) is 6.83. The van der Waals surface area contributed by atoms with Crippen molar-refractivity contribution in [3.63, 3.8) is 0 Å². The zero-order valence-corrected chi connectivity index (χ0v) is 7.78. The maximum absolute atomic E-state index is 9.46. The Morgan fingerprint density at radius 2 is 2.36 bits per heavy atom. The third-order valence-electron chi connectivity index (χ3n) is 2.07. The van der Waals surface area contributed by atoms with E-state index in [2.05, 4.69) is 5.48 Å². The second kappa shape index (κ2) is 3.69. The summed E-state index contributed by atoms with van der Waals surface area (Å²) in [6, 6.07) is 5.27. The van der Waals surface area contributed by atoms with Crippen molar-refractivity contribution in [2.24, 2.45) is 0 Å². The van der Waals surface area contributed by atoms with Crippen molar-refractivity contribution in [3.05, 3.63) is 30.0 Å². The molecule has 4 nitrogen and oxygen atoms in total. The molecule has 0 saturated heterocycles. The molecule has 2 rings (SSSR count). The van der Waals surface area contributed by atoms with Gasteiger partial charge in [-0.3, -0.25) is 0 Å². The molecule has 0 unspecified atom stereocenters. The van der Waals surface area contributed by atoms with E-state index < -0.39 is 0 Å². The number of hydrogen-bond donors (Lipinski definition) is 2. The first-order valence-electron chi connectivity index (χ1n) is 4.27. The van der Waals surface area contributed by atoms with E-state index in [0.717, 1.165) is 10.9 Å². The van der Waals surface area contributed by atoms with Gasteiger partial charge in [0.15, 0.2) is 11.3 Å². The molecule has 74 valence electrons. The lowest BCUT2D eigenvalue weighted by molar-refractivity contribution is 0.0868. The van der Waals surface area contributed by atoms with Crippen LogP contribution in [0, 0.1) is 0 Å². The standard InChI is InChI=1S/C10H11NO3/c1-13-11-5-7-6-14-10-8(7)3-2-4-9(10)12/h2-4,6,11-12H,5H2,1H3.